The molecule has 0 saturated carbocycles. The minimum atomic E-state index is 0.446. The number of pyridine rings is 1. The number of nitrogens with zero attached hydrogens (tertiary/aromatic N) is 5. The molecule has 0 fully saturated rings. The molecular weight excluding hydrogens is 228 g/mol. The standard InChI is InChI=1S/C12H12N6/c1-8-2-3-10-11(16-8)18(12(13)17-10)6-9-4-5-14-7-15-9/h2-5,7H,6H2,1H3,(H2,13,17). The van der Waals surface area contributed by atoms with Crippen molar-refractivity contribution in [2.75, 3.05) is 5.73 Å². The van der Waals surface area contributed by atoms with E-state index in [1.165, 1.54) is 6.33 Å². The largest absolute Gasteiger partial charge is 0.369 e. The summed E-state index contributed by atoms with van der Waals surface area (Å²) in [6, 6.07) is 5.69. The lowest BCUT2D eigenvalue weighted by atomic mass is 10.3. The van der Waals surface area contributed by atoms with Crippen LogP contribution in [-0.4, -0.2) is 24.5 Å². The van der Waals surface area contributed by atoms with E-state index in [2.05, 4.69) is 19.9 Å². The Morgan fingerprint density at radius 1 is 1.22 bits per heavy atom. The summed E-state index contributed by atoms with van der Waals surface area (Å²) < 4.78 is 1.85. The van der Waals surface area contributed by atoms with Crippen molar-refractivity contribution in [2.45, 2.75) is 13.5 Å². The Kier molecular flexibility index (Phi) is 2.40. The van der Waals surface area contributed by atoms with Crippen molar-refractivity contribution in [3.05, 3.63) is 42.1 Å². The first-order valence-corrected chi connectivity index (χ1v) is 5.58. The van der Waals surface area contributed by atoms with Crippen LogP contribution in [0.5, 0.6) is 0 Å². The molecule has 0 bridgehead atoms. The zero-order valence-electron chi connectivity index (χ0n) is 9.91. The first kappa shape index (κ1) is 10.6. The lowest BCUT2D eigenvalue weighted by Gasteiger charge is -2.04. The van der Waals surface area contributed by atoms with E-state index in [9.17, 15) is 0 Å². The van der Waals surface area contributed by atoms with Gasteiger partial charge in [-0.2, -0.15) is 0 Å². The van der Waals surface area contributed by atoms with E-state index in [1.54, 1.807) is 6.20 Å². The number of aromatic nitrogens is 5. The second kappa shape index (κ2) is 4.06. The smallest absolute Gasteiger partial charge is 0.202 e. The summed E-state index contributed by atoms with van der Waals surface area (Å²) in [6.07, 6.45) is 3.22. The van der Waals surface area contributed by atoms with Gasteiger partial charge in [0.25, 0.3) is 0 Å². The van der Waals surface area contributed by atoms with E-state index in [-0.39, 0.29) is 0 Å². The van der Waals surface area contributed by atoms with Crippen LogP contribution in [0.25, 0.3) is 11.2 Å². The van der Waals surface area contributed by atoms with Crippen LogP contribution >= 0.6 is 0 Å². The van der Waals surface area contributed by atoms with Crippen molar-refractivity contribution in [2.24, 2.45) is 0 Å². The van der Waals surface area contributed by atoms with Crippen LogP contribution in [0.2, 0.25) is 0 Å². The molecule has 0 radical (unpaired) electrons. The van der Waals surface area contributed by atoms with Gasteiger partial charge in [-0.15, -0.1) is 0 Å². The van der Waals surface area contributed by atoms with Gasteiger partial charge in [0.2, 0.25) is 5.95 Å². The van der Waals surface area contributed by atoms with Crippen LogP contribution in [-0.2, 0) is 6.54 Å². The van der Waals surface area contributed by atoms with Crippen molar-refractivity contribution in [3.63, 3.8) is 0 Å². The molecule has 0 aliphatic heterocycles. The van der Waals surface area contributed by atoms with E-state index in [4.69, 9.17) is 5.73 Å². The maximum absolute atomic E-state index is 5.92. The average molecular weight is 240 g/mol. The maximum Gasteiger partial charge on any atom is 0.202 e. The van der Waals surface area contributed by atoms with Crippen molar-refractivity contribution in [1.29, 1.82) is 0 Å². The van der Waals surface area contributed by atoms with Gasteiger partial charge in [0, 0.05) is 11.9 Å². The normalized spacial score (nSPS) is 10.9. The molecule has 0 aromatic carbocycles. The topological polar surface area (TPSA) is 82.5 Å². The fourth-order valence-corrected chi connectivity index (χ4v) is 1.84. The average Bonchev–Trinajstić information content (AvgIpc) is 2.67. The first-order chi connectivity index (χ1) is 8.74. The van der Waals surface area contributed by atoms with Crippen molar-refractivity contribution >= 4 is 17.1 Å². The highest BCUT2D eigenvalue weighted by Gasteiger charge is 2.10. The van der Waals surface area contributed by atoms with Crippen LogP contribution in [0.4, 0.5) is 5.95 Å². The molecule has 6 heteroatoms. The van der Waals surface area contributed by atoms with Gasteiger partial charge in [-0.25, -0.2) is 19.9 Å². The minimum absolute atomic E-state index is 0.446. The Morgan fingerprint density at radius 3 is 2.89 bits per heavy atom. The Hall–Kier alpha value is -2.50. The van der Waals surface area contributed by atoms with Crippen LogP contribution in [0.15, 0.2) is 30.7 Å². The molecule has 90 valence electrons. The fraction of sp³-hybridized carbons (Fsp3) is 0.167. The monoisotopic (exact) mass is 240 g/mol. The molecule has 3 aromatic rings. The van der Waals surface area contributed by atoms with Crippen LogP contribution < -0.4 is 5.73 Å². The molecule has 0 saturated heterocycles. The van der Waals surface area contributed by atoms with E-state index >= 15 is 0 Å². The number of aryl methyl sites for hydroxylation is 1. The van der Waals surface area contributed by atoms with Gasteiger partial charge in [0.15, 0.2) is 5.65 Å². The summed E-state index contributed by atoms with van der Waals surface area (Å²) in [5.74, 6) is 0.446. The number of nitrogens with two attached hydrogens (primary N) is 1. The maximum atomic E-state index is 5.92. The second-order valence-electron chi connectivity index (χ2n) is 4.05. The first-order valence-electron chi connectivity index (χ1n) is 5.58. The molecule has 0 aliphatic carbocycles. The number of hydrogen-bond donors (Lipinski definition) is 1. The molecule has 0 unspecified atom stereocenters. The van der Waals surface area contributed by atoms with Crippen molar-refractivity contribution in [1.82, 2.24) is 24.5 Å². The molecule has 2 N–H and O–H groups in total. The van der Waals surface area contributed by atoms with Crippen molar-refractivity contribution < 1.29 is 0 Å². The lowest BCUT2D eigenvalue weighted by molar-refractivity contribution is 0.794. The molecule has 6 nitrogen and oxygen atoms in total. The van der Waals surface area contributed by atoms with Gasteiger partial charge in [-0.05, 0) is 25.1 Å². The molecule has 18 heavy (non-hydrogen) atoms. The zero-order valence-corrected chi connectivity index (χ0v) is 9.91. The quantitative estimate of drug-likeness (QED) is 0.726. The summed E-state index contributed by atoms with van der Waals surface area (Å²) in [5.41, 5.74) is 9.31. The van der Waals surface area contributed by atoms with Crippen molar-refractivity contribution in [3.8, 4) is 0 Å². The summed E-state index contributed by atoms with van der Waals surface area (Å²) in [5, 5.41) is 0. The predicted molar refractivity (Wildman–Crippen MR) is 67.8 cm³/mol. The van der Waals surface area contributed by atoms with E-state index in [0.717, 1.165) is 22.6 Å². The molecule has 3 rings (SSSR count). The minimum Gasteiger partial charge on any atom is -0.369 e. The predicted octanol–water partition coefficient (Wildman–Crippen LogP) is 1.16. The third kappa shape index (κ3) is 1.77. The van der Waals surface area contributed by atoms with Gasteiger partial charge in [-0.1, -0.05) is 0 Å². The Balaban J connectivity index is 2.11. The molecule has 3 aromatic heterocycles. The van der Waals surface area contributed by atoms with E-state index in [1.807, 2.05) is 29.7 Å². The van der Waals surface area contributed by atoms with Crippen LogP contribution in [0.3, 0.4) is 0 Å². The molecular formula is C12H12N6. The summed E-state index contributed by atoms with van der Waals surface area (Å²) in [4.78, 5) is 16.8. The Morgan fingerprint density at radius 2 is 2.11 bits per heavy atom. The van der Waals surface area contributed by atoms with Crippen LogP contribution in [0.1, 0.15) is 11.4 Å². The number of rotatable bonds is 2. The highest BCUT2D eigenvalue weighted by atomic mass is 15.2. The lowest BCUT2D eigenvalue weighted by Crippen LogP contribution is -2.06. The third-order valence-electron chi connectivity index (χ3n) is 2.72. The van der Waals surface area contributed by atoms with E-state index < -0.39 is 0 Å². The van der Waals surface area contributed by atoms with Gasteiger partial charge >= 0.3 is 0 Å². The Bertz CT molecular complexity index is 688. The zero-order chi connectivity index (χ0) is 12.5. The number of hydrogen-bond acceptors (Lipinski definition) is 5. The Labute approximate surface area is 104 Å². The van der Waals surface area contributed by atoms with Gasteiger partial charge in [0.05, 0.1) is 12.2 Å². The highest BCUT2D eigenvalue weighted by Crippen LogP contribution is 2.17. The summed E-state index contributed by atoms with van der Waals surface area (Å²) in [6.45, 7) is 2.49. The number of nitrogen functional groups attached to an aromatic ring is 1. The number of fused-ring (bicyclic) bond motifs is 1. The summed E-state index contributed by atoms with van der Waals surface area (Å²) >= 11 is 0. The highest BCUT2D eigenvalue weighted by molar-refractivity contribution is 5.74. The van der Waals surface area contributed by atoms with Gasteiger partial charge in [0.1, 0.15) is 11.8 Å². The van der Waals surface area contributed by atoms with Crippen LogP contribution in [0, 0.1) is 6.92 Å². The number of anilines is 1. The van der Waals surface area contributed by atoms with E-state index in [0.29, 0.717) is 12.5 Å². The molecule has 0 spiro atoms. The molecule has 0 amide bonds. The van der Waals surface area contributed by atoms with Gasteiger partial charge < -0.3 is 5.73 Å². The number of imidazole rings is 1. The fourth-order valence-electron chi connectivity index (χ4n) is 1.84. The molecule has 0 atom stereocenters. The SMILES string of the molecule is Cc1ccc2nc(N)n(Cc3ccncn3)c2n1. The summed E-state index contributed by atoms with van der Waals surface area (Å²) in [7, 11) is 0. The van der Waals surface area contributed by atoms with Gasteiger partial charge in [-0.3, -0.25) is 4.57 Å². The molecule has 3 heterocycles. The molecule has 0 aliphatic rings. The second-order valence-corrected chi connectivity index (χ2v) is 4.05. The third-order valence-corrected chi connectivity index (χ3v) is 2.72.